The van der Waals surface area contributed by atoms with Crippen LogP contribution in [0.25, 0.3) is 10.9 Å². The highest BCUT2D eigenvalue weighted by atomic mass is 16.5. The smallest absolute Gasteiger partial charge is 0.145 e. The lowest BCUT2D eigenvalue weighted by atomic mass is 10.2. The number of benzene rings is 1. The van der Waals surface area contributed by atoms with Crippen molar-refractivity contribution in [2.45, 2.75) is 0 Å². The molecular formula is C14H11N3O. The highest BCUT2D eigenvalue weighted by Gasteiger charge is 2.06. The third kappa shape index (κ3) is 1.84. The molecule has 3 rings (SSSR count). The monoisotopic (exact) mass is 237 g/mol. The number of anilines is 1. The van der Waals surface area contributed by atoms with Gasteiger partial charge in [-0.3, -0.25) is 9.97 Å². The van der Waals surface area contributed by atoms with E-state index >= 15 is 0 Å². The molecule has 88 valence electrons. The predicted molar refractivity (Wildman–Crippen MR) is 70.5 cm³/mol. The third-order valence-electron chi connectivity index (χ3n) is 2.62. The number of rotatable bonds is 2. The molecule has 4 heteroatoms. The SMILES string of the molecule is Nc1cccc2c(Oc3cccnc3)ccnc12. The Kier molecular flexibility index (Phi) is 2.53. The molecule has 0 bridgehead atoms. The van der Waals surface area contributed by atoms with Crippen LogP contribution in [-0.2, 0) is 0 Å². The van der Waals surface area contributed by atoms with Crippen molar-refractivity contribution in [1.29, 1.82) is 0 Å². The minimum atomic E-state index is 0.643. The van der Waals surface area contributed by atoms with Crippen molar-refractivity contribution in [3.63, 3.8) is 0 Å². The number of nitrogens with zero attached hydrogens (tertiary/aromatic N) is 2. The highest BCUT2D eigenvalue weighted by Crippen LogP contribution is 2.30. The van der Waals surface area contributed by atoms with Crippen LogP contribution in [0.1, 0.15) is 0 Å². The van der Waals surface area contributed by atoms with E-state index in [2.05, 4.69) is 9.97 Å². The van der Waals surface area contributed by atoms with E-state index in [-0.39, 0.29) is 0 Å². The summed E-state index contributed by atoms with van der Waals surface area (Å²) in [6, 6.07) is 11.1. The van der Waals surface area contributed by atoms with Gasteiger partial charge in [0.15, 0.2) is 0 Å². The van der Waals surface area contributed by atoms with Crippen LogP contribution in [0, 0.1) is 0 Å². The molecule has 2 aromatic heterocycles. The molecule has 2 heterocycles. The van der Waals surface area contributed by atoms with Crippen molar-refractivity contribution in [2.75, 3.05) is 5.73 Å². The first-order valence-corrected chi connectivity index (χ1v) is 5.56. The number of aromatic nitrogens is 2. The van der Waals surface area contributed by atoms with Crippen LogP contribution < -0.4 is 10.5 Å². The lowest BCUT2D eigenvalue weighted by Crippen LogP contribution is -1.92. The first kappa shape index (κ1) is 10.5. The largest absolute Gasteiger partial charge is 0.455 e. The summed E-state index contributed by atoms with van der Waals surface area (Å²) in [5.74, 6) is 1.41. The molecule has 0 saturated carbocycles. The summed E-state index contributed by atoms with van der Waals surface area (Å²) in [6.45, 7) is 0. The van der Waals surface area contributed by atoms with Crippen LogP contribution in [0.15, 0.2) is 55.0 Å². The Bertz CT molecular complexity index is 683. The quantitative estimate of drug-likeness (QED) is 0.696. The molecule has 0 aliphatic heterocycles. The van der Waals surface area contributed by atoms with Crippen molar-refractivity contribution in [1.82, 2.24) is 9.97 Å². The zero-order valence-electron chi connectivity index (χ0n) is 9.58. The van der Waals surface area contributed by atoms with E-state index in [9.17, 15) is 0 Å². The van der Waals surface area contributed by atoms with Gasteiger partial charge in [0, 0.05) is 17.8 Å². The summed E-state index contributed by atoms with van der Waals surface area (Å²) in [7, 11) is 0. The number of nitrogen functional groups attached to an aromatic ring is 1. The average molecular weight is 237 g/mol. The number of ether oxygens (including phenoxy) is 1. The van der Waals surface area contributed by atoms with Crippen molar-refractivity contribution >= 4 is 16.6 Å². The van der Waals surface area contributed by atoms with Crippen LogP contribution >= 0.6 is 0 Å². The molecule has 4 nitrogen and oxygen atoms in total. The van der Waals surface area contributed by atoms with Crippen molar-refractivity contribution in [2.24, 2.45) is 0 Å². The minimum absolute atomic E-state index is 0.643. The number of hydrogen-bond acceptors (Lipinski definition) is 4. The van der Waals surface area contributed by atoms with E-state index in [1.165, 1.54) is 0 Å². The molecule has 2 N–H and O–H groups in total. The summed E-state index contributed by atoms with van der Waals surface area (Å²) >= 11 is 0. The predicted octanol–water partition coefficient (Wildman–Crippen LogP) is 3.00. The van der Waals surface area contributed by atoms with Gasteiger partial charge in [0.25, 0.3) is 0 Å². The van der Waals surface area contributed by atoms with Gasteiger partial charge >= 0.3 is 0 Å². The van der Waals surface area contributed by atoms with Gasteiger partial charge in [0.1, 0.15) is 11.5 Å². The number of para-hydroxylation sites is 1. The van der Waals surface area contributed by atoms with Crippen LogP contribution in [0.4, 0.5) is 5.69 Å². The molecule has 0 saturated heterocycles. The van der Waals surface area contributed by atoms with Crippen molar-refractivity contribution in [3.05, 3.63) is 55.0 Å². The zero-order chi connectivity index (χ0) is 12.4. The minimum Gasteiger partial charge on any atom is -0.455 e. The van der Waals surface area contributed by atoms with Gasteiger partial charge in [-0.25, -0.2) is 0 Å². The average Bonchev–Trinajstić information content (AvgIpc) is 2.41. The van der Waals surface area contributed by atoms with Gasteiger partial charge < -0.3 is 10.5 Å². The molecule has 18 heavy (non-hydrogen) atoms. The maximum Gasteiger partial charge on any atom is 0.145 e. The first-order valence-electron chi connectivity index (χ1n) is 5.56. The summed E-state index contributed by atoms with van der Waals surface area (Å²) in [5, 5.41) is 0.890. The molecule has 0 aliphatic carbocycles. The summed E-state index contributed by atoms with van der Waals surface area (Å²) in [5.41, 5.74) is 7.28. The Hall–Kier alpha value is -2.62. The Morgan fingerprint density at radius 1 is 1.00 bits per heavy atom. The molecule has 0 amide bonds. The van der Waals surface area contributed by atoms with E-state index in [0.717, 1.165) is 16.7 Å². The maximum absolute atomic E-state index is 5.89. The molecule has 0 atom stereocenters. The molecule has 0 radical (unpaired) electrons. The molecular weight excluding hydrogens is 226 g/mol. The second-order valence-electron chi connectivity index (χ2n) is 3.84. The lowest BCUT2D eigenvalue weighted by molar-refractivity contribution is 0.485. The fourth-order valence-electron chi connectivity index (χ4n) is 1.80. The molecule has 3 aromatic rings. The number of hydrogen-bond donors (Lipinski definition) is 1. The molecule has 0 unspecified atom stereocenters. The van der Waals surface area contributed by atoms with Crippen molar-refractivity contribution in [3.8, 4) is 11.5 Å². The maximum atomic E-state index is 5.89. The van der Waals surface area contributed by atoms with Gasteiger partial charge in [0.05, 0.1) is 17.4 Å². The molecule has 0 spiro atoms. The Labute approximate surface area is 104 Å². The summed E-state index contributed by atoms with van der Waals surface area (Å²) in [6.07, 6.45) is 5.05. The van der Waals surface area contributed by atoms with Crippen molar-refractivity contribution < 1.29 is 4.74 Å². The van der Waals surface area contributed by atoms with Gasteiger partial charge in [-0.05, 0) is 30.3 Å². The number of pyridine rings is 2. The van der Waals surface area contributed by atoms with Crippen LogP contribution in [0.5, 0.6) is 11.5 Å². The first-order chi connectivity index (χ1) is 8.84. The van der Waals surface area contributed by atoms with E-state index in [0.29, 0.717) is 11.4 Å². The van der Waals surface area contributed by atoms with Gasteiger partial charge in [-0.2, -0.15) is 0 Å². The molecule has 0 aliphatic rings. The lowest BCUT2D eigenvalue weighted by Gasteiger charge is -2.08. The van der Waals surface area contributed by atoms with E-state index < -0.39 is 0 Å². The topological polar surface area (TPSA) is 61.0 Å². The van der Waals surface area contributed by atoms with Gasteiger partial charge in [-0.1, -0.05) is 6.07 Å². The standard InChI is InChI=1S/C14H11N3O/c15-12-5-1-4-11-13(6-8-17-14(11)12)18-10-3-2-7-16-9-10/h1-9H,15H2. The van der Waals surface area contributed by atoms with E-state index in [1.54, 1.807) is 18.6 Å². The van der Waals surface area contributed by atoms with Crippen LogP contribution in [0.3, 0.4) is 0 Å². The second kappa shape index (κ2) is 4.33. The summed E-state index contributed by atoms with van der Waals surface area (Å²) < 4.78 is 5.79. The highest BCUT2D eigenvalue weighted by molar-refractivity contribution is 5.93. The Morgan fingerprint density at radius 3 is 2.78 bits per heavy atom. The fraction of sp³-hybridized carbons (Fsp3) is 0. The fourth-order valence-corrected chi connectivity index (χ4v) is 1.80. The van der Waals surface area contributed by atoms with E-state index in [4.69, 9.17) is 10.5 Å². The van der Waals surface area contributed by atoms with E-state index in [1.807, 2.05) is 36.4 Å². The zero-order valence-corrected chi connectivity index (χ0v) is 9.58. The molecule has 1 aromatic carbocycles. The van der Waals surface area contributed by atoms with Gasteiger partial charge in [0.2, 0.25) is 0 Å². The third-order valence-corrected chi connectivity index (χ3v) is 2.62. The van der Waals surface area contributed by atoms with Crippen LogP contribution in [-0.4, -0.2) is 9.97 Å². The normalized spacial score (nSPS) is 10.4. The Balaban J connectivity index is 2.10. The summed E-state index contributed by atoms with van der Waals surface area (Å²) in [4.78, 5) is 8.28. The van der Waals surface area contributed by atoms with Gasteiger partial charge in [-0.15, -0.1) is 0 Å². The second-order valence-corrected chi connectivity index (χ2v) is 3.84. The number of fused-ring (bicyclic) bond motifs is 1. The van der Waals surface area contributed by atoms with Crippen LogP contribution in [0.2, 0.25) is 0 Å². The Morgan fingerprint density at radius 2 is 1.94 bits per heavy atom. The number of nitrogens with two attached hydrogens (primary N) is 1. The molecule has 0 fully saturated rings.